The Bertz CT molecular complexity index is 267. The van der Waals surface area contributed by atoms with Crippen molar-refractivity contribution in [2.45, 2.75) is 38.7 Å². The Kier molecular flexibility index (Phi) is 2.05. The van der Waals surface area contributed by atoms with Gasteiger partial charge in [0.2, 0.25) is 0 Å². The molecule has 0 spiro atoms. The van der Waals surface area contributed by atoms with E-state index < -0.39 is 11.8 Å². The molecule has 2 aliphatic rings. The molecule has 4 atom stereocenters. The highest BCUT2D eigenvalue weighted by Crippen LogP contribution is 2.48. The van der Waals surface area contributed by atoms with Crippen LogP contribution >= 0.6 is 0 Å². The molecule has 0 aromatic heterocycles. The summed E-state index contributed by atoms with van der Waals surface area (Å²) in [4.78, 5) is 0. The van der Waals surface area contributed by atoms with Crippen LogP contribution in [0.15, 0.2) is 0 Å². The fraction of sp³-hybridized carbons (Fsp3) is 0.900. The van der Waals surface area contributed by atoms with Crippen LogP contribution < -0.4 is 0 Å². The van der Waals surface area contributed by atoms with E-state index in [1.165, 1.54) is 0 Å². The first-order valence-electron chi connectivity index (χ1n) is 5.04. The van der Waals surface area contributed by atoms with E-state index in [4.69, 9.17) is 10.1 Å². The zero-order valence-corrected chi connectivity index (χ0v) is 8.39. The third kappa shape index (κ3) is 1.31. The first kappa shape index (κ1) is 9.87. The first-order chi connectivity index (χ1) is 6.42. The molecule has 0 radical (unpaired) electrons. The van der Waals surface area contributed by atoms with Gasteiger partial charge in [-0.15, -0.1) is 0 Å². The van der Waals surface area contributed by atoms with Crippen LogP contribution in [0.25, 0.3) is 0 Å². The molecule has 1 N–H and O–H groups in total. The molecule has 0 bridgehead atoms. The van der Waals surface area contributed by atoms with E-state index in [2.05, 4.69) is 0 Å². The largest absolute Gasteiger partial charge is 0.478 e. The van der Waals surface area contributed by atoms with E-state index in [1.807, 2.05) is 6.92 Å². The van der Waals surface area contributed by atoms with E-state index in [1.54, 1.807) is 6.92 Å². The van der Waals surface area contributed by atoms with Crippen LogP contribution in [0.3, 0.4) is 0 Å². The number of fused-ring (bicyclic) bond motifs is 1. The Labute approximate surface area is 82.1 Å². The minimum atomic E-state index is -2.62. The maximum absolute atomic E-state index is 13.4. The molecule has 0 aromatic carbocycles. The summed E-state index contributed by atoms with van der Waals surface area (Å²) in [5, 5.41) is 7.49. The summed E-state index contributed by atoms with van der Waals surface area (Å²) in [6.07, 6.45) is 0.203. The number of hydrogen-bond acceptors (Lipinski definition) is 2. The number of halogens is 2. The molecule has 1 saturated heterocycles. The summed E-state index contributed by atoms with van der Waals surface area (Å²) in [7, 11) is 0. The maximum Gasteiger partial charge on any atom is 0.251 e. The quantitative estimate of drug-likeness (QED) is 0.645. The molecule has 1 saturated carbocycles. The minimum absolute atomic E-state index is 0.0638. The van der Waals surface area contributed by atoms with Crippen molar-refractivity contribution in [3.63, 3.8) is 0 Å². The second kappa shape index (κ2) is 2.91. The number of rotatable bonds is 0. The number of alkyl halides is 2. The molecular formula is C10H15F2NO. The van der Waals surface area contributed by atoms with Crippen molar-refractivity contribution in [2.75, 3.05) is 0 Å². The maximum atomic E-state index is 13.4. The Hall–Kier alpha value is -0.670. The van der Waals surface area contributed by atoms with Gasteiger partial charge in [-0.05, 0) is 13.3 Å². The molecule has 0 amide bonds. The molecule has 2 nitrogen and oxygen atoms in total. The lowest BCUT2D eigenvalue weighted by molar-refractivity contribution is -0.102. The average Bonchev–Trinajstić information content (AvgIpc) is 2.30. The van der Waals surface area contributed by atoms with Crippen molar-refractivity contribution in [2.24, 2.45) is 17.8 Å². The van der Waals surface area contributed by atoms with Gasteiger partial charge in [-0.2, -0.15) is 0 Å². The molecule has 14 heavy (non-hydrogen) atoms. The van der Waals surface area contributed by atoms with Crippen molar-refractivity contribution in [1.82, 2.24) is 0 Å². The molecular weight excluding hydrogens is 188 g/mol. The van der Waals surface area contributed by atoms with Gasteiger partial charge in [0, 0.05) is 24.2 Å². The number of nitrogens with one attached hydrogen (secondary N) is 1. The molecule has 2 rings (SSSR count). The van der Waals surface area contributed by atoms with E-state index >= 15 is 0 Å². The monoisotopic (exact) mass is 203 g/mol. The number of hydrogen-bond donors (Lipinski definition) is 1. The van der Waals surface area contributed by atoms with Crippen molar-refractivity contribution in [3.8, 4) is 0 Å². The predicted octanol–water partition coefficient (Wildman–Crippen LogP) is 2.68. The van der Waals surface area contributed by atoms with Crippen molar-refractivity contribution >= 4 is 5.90 Å². The molecule has 4 heteroatoms. The van der Waals surface area contributed by atoms with Gasteiger partial charge in [-0.1, -0.05) is 6.92 Å². The molecule has 80 valence electrons. The molecule has 1 heterocycles. The fourth-order valence-corrected chi connectivity index (χ4v) is 2.57. The average molecular weight is 203 g/mol. The summed E-state index contributed by atoms with van der Waals surface area (Å²) in [6, 6.07) is 0. The lowest BCUT2D eigenvalue weighted by atomic mass is 9.72. The van der Waals surface area contributed by atoms with Crippen LogP contribution in [0.1, 0.15) is 26.7 Å². The zero-order valence-electron chi connectivity index (χ0n) is 8.39. The van der Waals surface area contributed by atoms with Gasteiger partial charge in [0.1, 0.15) is 6.10 Å². The highest BCUT2D eigenvalue weighted by atomic mass is 19.3. The highest BCUT2D eigenvalue weighted by molar-refractivity contribution is 5.78. The summed E-state index contributed by atoms with van der Waals surface area (Å²) >= 11 is 0. The summed E-state index contributed by atoms with van der Waals surface area (Å²) in [5.74, 6) is -3.37. The van der Waals surface area contributed by atoms with Crippen molar-refractivity contribution in [1.29, 1.82) is 5.41 Å². The minimum Gasteiger partial charge on any atom is -0.478 e. The first-order valence-corrected chi connectivity index (χ1v) is 5.04. The van der Waals surface area contributed by atoms with Crippen LogP contribution in [0.5, 0.6) is 0 Å². The van der Waals surface area contributed by atoms with Crippen LogP contribution in [0.4, 0.5) is 8.78 Å². The van der Waals surface area contributed by atoms with Crippen molar-refractivity contribution < 1.29 is 13.5 Å². The Balaban J connectivity index is 2.20. The summed E-state index contributed by atoms with van der Waals surface area (Å²) in [5.41, 5.74) is 0. The molecule has 1 aliphatic heterocycles. The smallest absolute Gasteiger partial charge is 0.251 e. The SMILES string of the molecule is CC1OC(=N)C2CC(F)(F)C(C)CC12. The van der Waals surface area contributed by atoms with Crippen molar-refractivity contribution in [3.05, 3.63) is 0 Å². The topological polar surface area (TPSA) is 33.1 Å². The van der Waals surface area contributed by atoms with Gasteiger partial charge >= 0.3 is 0 Å². The highest BCUT2D eigenvalue weighted by Gasteiger charge is 2.53. The zero-order chi connectivity index (χ0) is 10.5. The lowest BCUT2D eigenvalue weighted by Gasteiger charge is -2.35. The van der Waals surface area contributed by atoms with Crippen LogP contribution in [-0.4, -0.2) is 17.9 Å². The lowest BCUT2D eigenvalue weighted by Crippen LogP contribution is -2.40. The van der Waals surface area contributed by atoms with Gasteiger partial charge < -0.3 is 4.74 Å². The second-order valence-electron chi connectivity index (χ2n) is 4.56. The molecule has 4 unspecified atom stereocenters. The van der Waals surface area contributed by atoms with Gasteiger partial charge in [-0.25, -0.2) is 8.78 Å². The van der Waals surface area contributed by atoms with Crippen LogP contribution in [-0.2, 0) is 4.74 Å². The predicted molar refractivity (Wildman–Crippen MR) is 48.6 cm³/mol. The Morgan fingerprint density at radius 3 is 2.71 bits per heavy atom. The van der Waals surface area contributed by atoms with Crippen LogP contribution in [0.2, 0.25) is 0 Å². The third-order valence-corrected chi connectivity index (χ3v) is 3.61. The fourth-order valence-electron chi connectivity index (χ4n) is 2.57. The van der Waals surface area contributed by atoms with E-state index in [-0.39, 0.29) is 30.3 Å². The van der Waals surface area contributed by atoms with E-state index in [0.717, 1.165) is 0 Å². The standard InChI is InChI=1S/C10H15F2NO/c1-5-3-7-6(2)14-9(13)8(7)4-10(5,11)12/h5-8,13H,3-4H2,1-2H3. The van der Waals surface area contributed by atoms with E-state index in [9.17, 15) is 8.78 Å². The van der Waals surface area contributed by atoms with E-state index in [0.29, 0.717) is 6.42 Å². The Morgan fingerprint density at radius 2 is 2.07 bits per heavy atom. The van der Waals surface area contributed by atoms with Crippen LogP contribution in [0, 0.1) is 23.2 Å². The van der Waals surface area contributed by atoms with Gasteiger partial charge in [0.15, 0.2) is 5.90 Å². The summed E-state index contributed by atoms with van der Waals surface area (Å²) in [6.45, 7) is 3.46. The van der Waals surface area contributed by atoms with Gasteiger partial charge in [0.05, 0.1) is 0 Å². The second-order valence-corrected chi connectivity index (χ2v) is 4.56. The summed E-state index contributed by atoms with van der Waals surface area (Å²) < 4.78 is 32.0. The number of ether oxygens (including phenoxy) is 1. The molecule has 1 aliphatic carbocycles. The molecule has 0 aromatic rings. The Morgan fingerprint density at radius 1 is 1.43 bits per heavy atom. The van der Waals surface area contributed by atoms with Gasteiger partial charge in [0.25, 0.3) is 5.92 Å². The molecule has 2 fully saturated rings. The normalized spacial score (nSPS) is 45.9. The van der Waals surface area contributed by atoms with Gasteiger partial charge in [-0.3, -0.25) is 5.41 Å². The third-order valence-electron chi connectivity index (χ3n) is 3.61.